The predicted octanol–water partition coefficient (Wildman–Crippen LogP) is 0.221. The number of nitrogens with one attached hydrogen (secondary N) is 2. The molecule has 0 aliphatic carbocycles. The number of sulfone groups is 1. The molecule has 2 unspecified atom stereocenters. The summed E-state index contributed by atoms with van der Waals surface area (Å²) in [6, 6.07) is -0.448. The average Bonchev–Trinajstić information content (AvgIpc) is 2.71. The zero-order valence-electron chi connectivity index (χ0n) is 11.6. The Morgan fingerprint density at radius 1 is 1.35 bits per heavy atom. The van der Waals surface area contributed by atoms with Gasteiger partial charge in [-0.3, -0.25) is 4.79 Å². The lowest BCUT2D eigenvalue weighted by Gasteiger charge is -2.14. The number of rotatable bonds is 7. The molecule has 1 fully saturated rings. The van der Waals surface area contributed by atoms with Crippen molar-refractivity contribution in [2.75, 3.05) is 24.6 Å². The van der Waals surface area contributed by atoms with Gasteiger partial charge in [0.15, 0.2) is 9.84 Å². The second kappa shape index (κ2) is 7.47. The Labute approximate surface area is 119 Å². The van der Waals surface area contributed by atoms with Gasteiger partial charge in [-0.15, -0.1) is 0 Å². The zero-order chi connectivity index (χ0) is 15.2. The molecular weight excluding hydrogens is 284 g/mol. The van der Waals surface area contributed by atoms with Crippen LogP contribution in [-0.2, 0) is 14.6 Å². The van der Waals surface area contributed by atoms with Gasteiger partial charge in [0.1, 0.15) is 0 Å². The van der Waals surface area contributed by atoms with Crippen LogP contribution in [-0.4, -0.2) is 50.1 Å². The number of carbonyl (C=O) groups excluding carboxylic acids is 1. The summed E-state index contributed by atoms with van der Waals surface area (Å²) >= 11 is 0. The molecule has 3 N–H and O–H groups in total. The topological polar surface area (TPSA) is 113 Å². The van der Waals surface area contributed by atoms with E-state index in [1.54, 1.807) is 0 Å². The molecule has 8 heteroatoms. The van der Waals surface area contributed by atoms with Crippen LogP contribution in [0.15, 0.2) is 0 Å². The highest BCUT2D eigenvalue weighted by Gasteiger charge is 2.28. The molecule has 1 rings (SSSR count). The SMILES string of the molecule is CCCC(CNC(=O)NCC1CCS(=O)(=O)C1)C(=O)O. The van der Waals surface area contributed by atoms with E-state index in [4.69, 9.17) is 5.11 Å². The molecule has 116 valence electrons. The molecular formula is C12H22N2O5S. The molecule has 1 aliphatic rings. The van der Waals surface area contributed by atoms with Crippen LogP contribution in [0.25, 0.3) is 0 Å². The maximum Gasteiger partial charge on any atom is 0.314 e. The van der Waals surface area contributed by atoms with Gasteiger partial charge in [0.25, 0.3) is 0 Å². The van der Waals surface area contributed by atoms with Crippen molar-refractivity contribution < 1.29 is 23.1 Å². The van der Waals surface area contributed by atoms with E-state index in [0.717, 1.165) is 6.42 Å². The molecule has 1 aliphatic heterocycles. The maximum absolute atomic E-state index is 11.5. The minimum Gasteiger partial charge on any atom is -0.481 e. The van der Waals surface area contributed by atoms with Gasteiger partial charge < -0.3 is 15.7 Å². The number of amides is 2. The summed E-state index contributed by atoms with van der Waals surface area (Å²) in [6.07, 6.45) is 1.81. The molecule has 0 aromatic heterocycles. The Hall–Kier alpha value is -1.31. The van der Waals surface area contributed by atoms with E-state index in [0.29, 0.717) is 19.4 Å². The number of hydrogen-bond donors (Lipinski definition) is 3. The Bertz CT molecular complexity index is 449. The lowest BCUT2D eigenvalue weighted by atomic mass is 10.0. The molecule has 1 saturated heterocycles. The number of carboxylic acid groups (broad SMARTS) is 1. The van der Waals surface area contributed by atoms with Gasteiger partial charge in [0.05, 0.1) is 17.4 Å². The molecule has 20 heavy (non-hydrogen) atoms. The van der Waals surface area contributed by atoms with Gasteiger partial charge in [0, 0.05) is 13.1 Å². The first-order valence-electron chi connectivity index (χ1n) is 6.79. The first-order chi connectivity index (χ1) is 9.34. The molecule has 0 radical (unpaired) electrons. The van der Waals surface area contributed by atoms with E-state index >= 15 is 0 Å². The number of aliphatic carboxylic acids is 1. The van der Waals surface area contributed by atoms with Gasteiger partial charge in [0.2, 0.25) is 0 Å². The normalized spacial score (nSPS) is 22.1. The molecule has 0 saturated carbocycles. The summed E-state index contributed by atoms with van der Waals surface area (Å²) in [7, 11) is -2.94. The van der Waals surface area contributed by atoms with Crippen molar-refractivity contribution in [1.82, 2.24) is 10.6 Å². The Kier molecular flexibility index (Phi) is 6.25. The monoisotopic (exact) mass is 306 g/mol. The van der Waals surface area contributed by atoms with Crippen LogP contribution in [0.4, 0.5) is 4.79 Å². The van der Waals surface area contributed by atoms with Gasteiger partial charge in [-0.1, -0.05) is 13.3 Å². The summed E-state index contributed by atoms with van der Waals surface area (Å²) < 4.78 is 22.5. The summed E-state index contributed by atoms with van der Waals surface area (Å²) in [5.41, 5.74) is 0. The van der Waals surface area contributed by atoms with Crippen molar-refractivity contribution >= 4 is 21.8 Å². The van der Waals surface area contributed by atoms with Crippen LogP contribution in [0.2, 0.25) is 0 Å². The van der Waals surface area contributed by atoms with Crippen LogP contribution in [0.5, 0.6) is 0 Å². The summed E-state index contributed by atoms with van der Waals surface area (Å²) in [6.45, 7) is 2.27. The van der Waals surface area contributed by atoms with Crippen LogP contribution in [0.1, 0.15) is 26.2 Å². The highest BCUT2D eigenvalue weighted by molar-refractivity contribution is 7.91. The van der Waals surface area contributed by atoms with Crippen molar-refractivity contribution in [2.45, 2.75) is 26.2 Å². The molecule has 2 atom stereocenters. The van der Waals surface area contributed by atoms with Gasteiger partial charge in [-0.05, 0) is 18.8 Å². The Morgan fingerprint density at radius 3 is 2.55 bits per heavy atom. The van der Waals surface area contributed by atoms with Crippen LogP contribution >= 0.6 is 0 Å². The van der Waals surface area contributed by atoms with E-state index in [1.165, 1.54) is 0 Å². The van der Waals surface area contributed by atoms with E-state index in [9.17, 15) is 18.0 Å². The summed E-state index contributed by atoms with van der Waals surface area (Å²) in [5.74, 6) is -1.26. The molecule has 2 amide bonds. The minimum absolute atomic E-state index is 0.0448. The fourth-order valence-corrected chi connectivity index (χ4v) is 4.07. The Balaban J connectivity index is 2.25. The fourth-order valence-electron chi connectivity index (χ4n) is 2.21. The fraction of sp³-hybridized carbons (Fsp3) is 0.833. The summed E-state index contributed by atoms with van der Waals surface area (Å²) in [4.78, 5) is 22.4. The van der Waals surface area contributed by atoms with E-state index < -0.39 is 27.8 Å². The van der Waals surface area contributed by atoms with E-state index in [-0.39, 0.29) is 24.0 Å². The summed E-state index contributed by atoms with van der Waals surface area (Å²) in [5, 5.41) is 14.0. The van der Waals surface area contributed by atoms with Crippen molar-refractivity contribution in [1.29, 1.82) is 0 Å². The molecule has 0 aromatic carbocycles. The molecule has 7 nitrogen and oxygen atoms in total. The quantitative estimate of drug-likeness (QED) is 0.623. The number of carboxylic acids is 1. The third-order valence-electron chi connectivity index (χ3n) is 3.37. The number of hydrogen-bond acceptors (Lipinski definition) is 4. The third-order valence-corrected chi connectivity index (χ3v) is 5.21. The lowest BCUT2D eigenvalue weighted by molar-refractivity contribution is -0.141. The average molecular weight is 306 g/mol. The van der Waals surface area contributed by atoms with Gasteiger partial charge >= 0.3 is 12.0 Å². The molecule has 0 bridgehead atoms. The molecule has 1 heterocycles. The highest BCUT2D eigenvalue weighted by Crippen LogP contribution is 2.17. The lowest BCUT2D eigenvalue weighted by Crippen LogP contribution is -2.41. The Morgan fingerprint density at radius 2 is 2.05 bits per heavy atom. The van der Waals surface area contributed by atoms with Crippen LogP contribution in [0, 0.1) is 11.8 Å². The minimum atomic E-state index is -2.94. The van der Waals surface area contributed by atoms with Crippen LogP contribution in [0.3, 0.4) is 0 Å². The third kappa shape index (κ3) is 5.77. The van der Waals surface area contributed by atoms with Crippen molar-refractivity contribution in [3.05, 3.63) is 0 Å². The maximum atomic E-state index is 11.5. The van der Waals surface area contributed by atoms with E-state index in [2.05, 4.69) is 10.6 Å². The molecule has 0 spiro atoms. The second-order valence-electron chi connectivity index (χ2n) is 5.18. The van der Waals surface area contributed by atoms with E-state index in [1.807, 2.05) is 6.92 Å². The highest BCUT2D eigenvalue weighted by atomic mass is 32.2. The smallest absolute Gasteiger partial charge is 0.314 e. The largest absolute Gasteiger partial charge is 0.481 e. The van der Waals surface area contributed by atoms with Crippen molar-refractivity contribution in [3.63, 3.8) is 0 Å². The second-order valence-corrected chi connectivity index (χ2v) is 7.41. The van der Waals surface area contributed by atoms with Gasteiger partial charge in [-0.2, -0.15) is 0 Å². The van der Waals surface area contributed by atoms with Crippen LogP contribution < -0.4 is 10.6 Å². The number of urea groups is 1. The first kappa shape index (κ1) is 16.7. The molecule has 0 aromatic rings. The van der Waals surface area contributed by atoms with Crippen molar-refractivity contribution in [3.8, 4) is 0 Å². The predicted molar refractivity (Wildman–Crippen MR) is 74.2 cm³/mol. The van der Waals surface area contributed by atoms with Crippen molar-refractivity contribution in [2.24, 2.45) is 11.8 Å². The first-order valence-corrected chi connectivity index (χ1v) is 8.61. The standard InChI is InChI=1S/C12H22N2O5S/c1-2-3-10(11(15)16)7-14-12(17)13-6-9-4-5-20(18,19)8-9/h9-10H,2-8H2,1H3,(H,15,16)(H2,13,14,17). The number of carbonyl (C=O) groups is 2. The van der Waals surface area contributed by atoms with Gasteiger partial charge in [-0.25, -0.2) is 13.2 Å². The zero-order valence-corrected chi connectivity index (χ0v) is 12.4.